The number of aliphatic hydroxyl groups excluding tert-OH is 1. The van der Waals surface area contributed by atoms with Crippen molar-refractivity contribution in [3.05, 3.63) is 77.1 Å². The number of pyridine rings is 1. The van der Waals surface area contributed by atoms with Gasteiger partial charge in [0, 0.05) is 25.4 Å². The zero-order valence-electron chi connectivity index (χ0n) is 13.6. The molecule has 0 spiro atoms. The molecule has 2 aromatic rings. The molecule has 1 N–H and O–H groups in total. The number of nitrogens with zero attached hydrogens (tertiary/aromatic N) is 2. The van der Waals surface area contributed by atoms with Gasteiger partial charge in [-0.3, -0.25) is 14.6 Å². The van der Waals surface area contributed by atoms with E-state index in [1.54, 1.807) is 31.5 Å². The van der Waals surface area contributed by atoms with Crippen molar-refractivity contribution in [3.63, 3.8) is 0 Å². The molecule has 2 heterocycles. The van der Waals surface area contributed by atoms with E-state index in [-0.39, 0.29) is 24.3 Å². The molecule has 0 saturated heterocycles. The molecular weight excluding hydrogens is 323 g/mol. The van der Waals surface area contributed by atoms with Crippen LogP contribution in [-0.2, 0) is 16.1 Å². The van der Waals surface area contributed by atoms with Gasteiger partial charge in [0.2, 0.25) is 0 Å². The van der Waals surface area contributed by atoms with Gasteiger partial charge < -0.3 is 10.0 Å². The van der Waals surface area contributed by atoms with Gasteiger partial charge in [0.1, 0.15) is 5.82 Å². The number of halogens is 1. The highest BCUT2D eigenvalue weighted by Gasteiger charge is 2.42. The van der Waals surface area contributed by atoms with Crippen molar-refractivity contribution >= 4 is 11.7 Å². The average molecular weight is 340 g/mol. The molecule has 3 rings (SSSR count). The fourth-order valence-corrected chi connectivity index (χ4v) is 2.97. The fourth-order valence-electron chi connectivity index (χ4n) is 2.97. The number of Topliss-reactive ketones (excluding diaryl/α,β-unsaturated/α-hetero) is 1. The van der Waals surface area contributed by atoms with E-state index in [1.165, 1.54) is 29.2 Å². The van der Waals surface area contributed by atoms with Gasteiger partial charge in [0.05, 0.1) is 11.6 Å². The highest BCUT2D eigenvalue weighted by Crippen LogP contribution is 2.39. The molecule has 6 heteroatoms. The standard InChI is InChI=1S/C19H17FN2O3/c1-2-15(23)16-17(13-5-7-14(20)8-6-13)22(19(25)18(16)24)11-12-4-3-9-21-10-12/h3-10,17,24H,2,11H2,1H3. The Morgan fingerprint density at radius 3 is 2.60 bits per heavy atom. The normalized spacial score (nSPS) is 17.3. The van der Waals surface area contributed by atoms with Crippen molar-refractivity contribution in [2.24, 2.45) is 0 Å². The van der Waals surface area contributed by atoms with Gasteiger partial charge in [-0.25, -0.2) is 4.39 Å². The average Bonchev–Trinajstić information content (AvgIpc) is 2.87. The predicted octanol–water partition coefficient (Wildman–Crippen LogP) is 3.10. The third-order valence-corrected chi connectivity index (χ3v) is 4.19. The van der Waals surface area contributed by atoms with Crippen molar-refractivity contribution in [2.45, 2.75) is 25.9 Å². The van der Waals surface area contributed by atoms with Gasteiger partial charge in [-0.2, -0.15) is 0 Å². The first-order chi connectivity index (χ1) is 12.0. The molecule has 128 valence electrons. The maximum atomic E-state index is 13.3. The van der Waals surface area contributed by atoms with E-state index in [9.17, 15) is 19.1 Å². The molecule has 1 aliphatic rings. The SMILES string of the molecule is CCC(=O)C1=C(O)C(=O)N(Cc2cccnc2)C1c1ccc(F)cc1. The topological polar surface area (TPSA) is 70.5 Å². The maximum absolute atomic E-state index is 13.3. The van der Waals surface area contributed by atoms with Crippen LogP contribution in [0.1, 0.15) is 30.5 Å². The molecule has 0 fully saturated rings. The summed E-state index contributed by atoms with van der Waals surface area (Å²) in [6.07, 6.45) is 3.39. The van der Waals surface area contributed by atoms with Gasteiger partial charge in [-0.1, -0.05) is 25.1 Å². The van der Waals surface area contributed by atoms with Crippen LogP contribution in [0.25, 0.3) is 0 Å². The van der Waals surface area contributed by atoms with Gasteiger partial charge in [-0.05, 0) is 29.3 Å². The lowest BCUT2D eigenvalue weighted by Gasteiger charge is -2.26. The third kappa shape index (κ3) is 3.15. The first-order valence-electron chi connectivity index (χ1n) is 7.94. The lowest BCUT2D eigenvalue weighted by Crippen LogP contribution is -2.30. The molecule has 1 unspecified atom stereocenters. The Hall–Kier alpha value is -3.02. The lowest BCUT2D eigenvalue weighted by atomic mass is 9.95. The number of hydrogen-bond acceptors (Lipinski definition) is 4. The smallest absolute Gasteiger partial charge is 0.290 e. The second kappa shape index (κ2) is 6.84. The van der Waals surface area contributed by atoms with Crippen LogP contribution in [0.15, 0.2) is 60.1 Å². The molecule has 0 aliphatic carbocycles. The molecule has 0 radical (unpaired) electrons. The van der Waals surface area contributed by atoms with E-state index in [0.717, 1.165) is 5.56 Å². The summed E-state index contributed by atoms with van der Waals surface area (Å²) >= 11 is 0. The molecule has 25 heavy (non-hydrogen) atoms. The zero-order chi connectivity index (χ0) is 18.0. The highest BCUT2D eigenvalue weighted by atomic mass is 19.1. The number of ketones is 1. The van der Waals surface area contributed by atoms with Crippen LogP contribution in [-0.4, -0.2) is 26.7 Å². The first kappa shape index (κ1) is 16.8. The van der Waals surface area contributed by atoms with Crippen molar-refractivity contribution in [2.75, 3.05) is 0 Å². The summed E-state index contributed by atoms with van der Waals surface area (Å²) in [5.41, 5.74) is 1.39. The minimum absolute atomic E-state index is 0.0583. The van der Waals surface area contributed by atoms with Crippen LogP contribution in [0.4, 0.5) is 4.39 Å². The number of aromatic nitrogens is 1. The van der Waals surface area contributed by atoms with Gasteiger partial charge in [0.25, 0.3) is 5.91 Å². The second-order valence-corrected chi connectivity index (χ2v) is 5.79. The molecule has 1 aliphatic heterocycles. The predicted molar refractivity (Wildman–Crippen MR) is 88.9 cm³/mol. The lowest BCUT2D eigenvalue weighted by molar-refractivity contribution is -0.130. The summed E-state index contributed by atoms with van der Waals surface area (Å²) in [6, 6.07) is 8.38. The van der Waals surface area contributed by atoms with Gasteiger partial charge >= 0.3 is 0 Å². The van der Waals surface area contributed by atoms with Gasteiger partial charge in [0.15, 0.2) is 11.5 Å². The molecule has 1 amide bonds. The molecular formula is C19H17FN2O3. The number of aliphatic hydroxyl groups is 1. The van der Waals surface area contributed by atoms with E-state index in [2.05, 4.69) is 4.98 Å². The summed E-state index contributed by atoms with van der Waals surface area (Å²) < 4.78 is 13.3. The second-order valence-electron chi connectivity index (χ2n) is 5.79. The summed E-state index contributed by atoms with van der Waals surface area (Å²) in [7, 11) is 0. The zero-order valence-corrected chi connectivity index (χ0v) is 13.6. The highest BCUT2D eigenvalue weighted by molar-refractivity contribution is 6.08. The van der Waals surface area contributed by atoms with E-state index in [0.29, 0.717) is 5.56 Å². The number of hydrogen-bond donors (Lipinski definition) is 1. The summed E-state index contributed by atoms with van der Waals surface area (Å²) in [4.78, 5) is 30.3. The van der Waals surface area contributed by atoms with E-state index >= 15 is 0 Å². The van der Waals surface area contributed by atoms with Crippen molar-refractivity contribution in [3.8, 4) is 0 Å². The van der Waals surface area contributed by atoms with Crippen LogP contribution < -0.4 is 0 Å². The molecule has 0 bridgehead atoms. The molecule has 0 saturated carbocycles. The minimum atomic E-state index is -0.749. The van der Waals surface area contributed by atoms with Crippen molar-refractivity contribution in [1.82, 2.24) is 9.88 Å². The Morgan fingerprint density at radius 2 is 2.00 bits per heavy atom. The molecule has 1 atom stereocenters. The number of carbonyl (C=O) groups excluding carboxylic acids is 2. The number of carbonyl (C=O) groups is 2. The first-order valence-corrected chi connectivity index (χ1v) is 7.94. The van der Waals surface area contributed by atoms with Crippen LogP contribution in [0.3, 0.4) is 0 Å². The van der Waals surface area contributed by atoms with E-state index in [1.807, 2.05) is 0 Å². The summed E-state index contributed by atoms with van der Waals surface area (Å²) in [5, 5.41) is 10.3. The van der Waals surface area contributed by atoms with Crippen LogP contribution in [0, 0.1) is 5.82 Å². The Bertz CT molecular complexity index is 832. The molecule has 1 aromatic heterocycles. The number of benzene rings is 1. The Morgan fingerprint density at radius 1 is 1.28 bits per heavy atom. The van der Waals surface area contributed by atoms with Crippen molar-refractivity contribution in [1.29, 1.82) is 0 Å². The van der Waals surface area contributed by atoms with Crippen molar-refractivity contribution < 1.29 is 19.1 Å². The monoisotopic (exact) mass is 340 g/mol. The van der Waals surface area contributed by atoms with Crippen LogP contribution >= 0.6 is 0 Å². The number of rotatable bonds is 5. The Kier molecular flexibility index (Phi) is 4.61. The van der Waals surface area contributed by atoms with E-state index < -0.39 is 23.5 Å². The quantitative estimate of drug-likeness (QED) is 0.908. The Labute approximate surface area is 144 Å². The number of amides is 1. The molecule has 1 aromatic carbocycles. The summed E-state index contributed by atoms with van der Waals surface area (Å²) in [5.74, 6) is -1.88. The molecule has 5 nitrogen and oxygen atoms in total. The maximum Gasteiger partial charge on any atom is 0.290 e. The van der Waals surface area contributed by atoms with Crippen LogP contribution in [0.5, 0.6) is 0 Å². The fraction of sp³-hybridized carbons (Fsp3) is 0.211. The largest absolute Gasteiger partial charge is 0.503 e. The van der Waals surface area contributed by atoms with Gasteiger partial charge in [-0.15, -0.1) is 0 Å². The third-order valence-electron chi connectivity index (χ3n) is 4.19. The summed E-state index contributed by atoms with van der Waals surface area (Å²) in [6.45, 7) is 1.85. The Balaban J connectivity index is 2.05. The minimum Gasteiger partial charge on any atom is -0.503 e. The van der Waals surface area contributed by atoms with Crippen LogP contribution in [0.2, 0.25) is 0 Å². The van der Waals surface area contributed by atoms with E-state index in [4.69, 9.17) is 0 Å².